The van der Waals surface area contributed by atoms with Gasteiger partial charge in [0.25, 0.3) is 5.91 Å². The van der Waals surface area contributed by atoms with Crippen LogP contribution in [0.15, 0.2) is 88.7 Å². The fourth-order valence-electron chi connectivity index (χ4n) is 3.45. The van der Waals surface area contributed by atoms with Gasteiger partial charge in [-0.3, -0.25) is 15.2 Å². The quantitative estimate of drug-likeness (QED) is 0.392. The summed E-state index contributed by atoms with van der Waals surface area (Å²) in [6.07, 6.45) is 5.00. The van der Waals surface area contributed by atoms with Crippen molar-refractivity contribution in [1.29, 1.82) is 5.41 Å². The zero-order valence-corrected chi connectivity index (χ0v) is 19.7. The van der Waals surface area contributed by atoms with Gasteiger partial charge in [-0.2, -0.15) is 15.1 Å². The number of pyridine rings is 1. The second-order valence-corrected chi connectivity index (χ2v) is 8.71. The molecule has 1 N–H and O–H groups in total. The Morgan fingerprint density at radius 3 is 2.57 bits per heavy atom. The van der Waals surface area contributed by atoms with E-state index in [0.29, 0.717) is 29.2 Å². The third-order valence-electron chi connectivity index (χ3n) is 5.16. The largest absolute Gasteiger partial charge is 0.490 e. The summed E-state index contributed by atoms with van der Waals surface area (Å²) in [5.74, 6) is 1.02. The average Bonchev–Trinajstić information content (AvgIpc) is 3.30. The van der Waals surface area contributed by atoms with Crippen molar-refractivity contribution in [2.45, 2.75) is 6.92 Å². The van der Waals surface area contributed by atoms with Gasteiger partial charge in [-0.15, -0.1) is 0 Å². The van der Waals surface area contributed by atoms with Crippen molar-refractivity contribution >= 4 is 39.8 Å². The summed E-state index contributed by atoms with van der Waals surface area (Å²) in [5, 5.41) is 15.4. The molecule has 8 nitrogen and oxygen atoms in total. The fourth-order valence-corrected chi connectivity index (χ4v) is 4.33. The number of benzene rings is 2. The molecule has 0 saturated heterocycles. The summed E-state index contributed by atoms with van der Waals surface area (Å²) in [5.41, 5.74) is 2.87. The molecule has 3 aromatic rings. The molecule has 9 heteroatoms. The zero-order chi connectivity index (χ0) is 24.2. The first-order valence-corrected chi connectivity index (χ1v) is 11.7. The van der Waals surface area contributed by atoms with E-state index < -0.39 is 5.91 Å². The van der Waals surface area contributed by atoms with Gasteiger partial charge < -0.3 is 9.47 Å². The van der Waals surface area contributed by atoms with Crippen LogP contribution in [0.25, 0.3) is 6.08 Å². The Bertz CT molecular complexity index is 1370. The summed E-state index contributed by atoms with van der Waals surface area (Å²) >= 11 is 1.24. The molecule has 2 aliphatic heterocycles. The number of rotatable bonds is 7. The number of aryl methyl sites for hydroxylation is 1. The maximum atomic E-state index is 12.6. The molecule has 0 spiro atoms. The third-order valence-corrected chi connectivity index (χ3v) is 6.12. The van der Waals surface area contributed by atoms with E-state index in [4.69, 9.17) is 14.9 Å². The number of fused-ring (bicyclic) bond motifs is 1. The number of hydrazone groups is 1. The molecule has 174 valence electrons. The van der Waals surface area contributed by atoms with Crippen molar-refractivity contribution in [2.24, 2.45) is 10.1 Å². The lowest BCUT2D eigenvalue weighted by Crippen LogP contribution is -2.35. The minimum atomic E-state index is -0.468. The van der Waals surface area contributed by atoms with Gasteiger partial charge in [-0.25, -0.2) is 0 Å². The number of ether oxygens (including phenoxy) is 2. The smallest absolute Gasteiger partial charge is 0.283 e. The summed E-state index contributed by atoms with van der Waals surface area (Å²) in [4.78, 5) is 20.9. The highest BCUT2D eigenvalue weighted by atomic mass is 32.2. The van der Waals surface area contributed by atoms with Gasteiger partial charge in [0.1, 0.15) is 29.8 Å². The molecule has 0 unspecified atom stereocenters. The van der Waals surface area contributed by atoms with Crippen molar-refractivity contribution in [2.75, 3.05) is 13.2 Å². The number of amidine groups is 2. The molecule has 0 saturated carbocycles. The number of carbonyl (C=O) groups is 1. The molecule has 2 aliphatic rings. The van der Waals surface area contributed by atoms with Crippen LogP contribution in [-0.4, -0.2) is 45.2 Å². The molecule has 0 aliphatic carbocycles. The zero-order valence-electron chi connectivity index (χ0n) is 18.8. The Morgan fingerprint density at radius 1 is 1.03 bits per heavy atom. The lowest BCUT2D eigenvalue weighted by Gasteiger charge is -2.20. The van der Waals surface area contributed by atoms with Gasteiger partial charge in [0.2, 0.25) is 5.17 Å². The summed E-state index contributed by atoms with van der Waals surface area (Å²) in [6, 6.07) is 18.8. The average molecular weight is 484 g/mol. The normalized spacial score (nSPS) is 16.1. The summed E-state index contributed by atoms with van der Waals surface area (Å²) in [6.45, 7) is 2.85. The predicted molar refractivity (Wildman–Crippen MR) is 137 cm³/mol. The molecule has 0 radical (unpaired) electrons. The highest BCUT2D eigenvalue weighted by Gasteiger charge is 2.36. The minimum Gasteiger partial charge on any atom is -0.490 e. The summed E-state index contributed by atoms with van der Waals surface area (Å²) in [7, 11) is 0. The van der Waals surface area contributed by atoms with E-state index in [0.717, 1.165) is 22.4 Å². The van der Waals surface area contributed by atoms with Crippen LogP contribution in [0.1, 0.15) is 16.7 Å². The monoisotopic (exact) mass is 483 g/mol. The van der Waals surface area contributed by atoms with E-state index in [1.165, 1.54) is 16.8 Å². The number of amides is 1. The van der Waals surface area contributed by atoms with Crippen LogP contribution in [0.2, 0.25) is 0 Å². The number of thioether (sulfide) groups is 1. The number of carbonyl (C=O) groups excluding carboxylic acids is 1. The number of nitrogens with zero attached hydrogens (tertiary/aromatic N) is 4. The number of aromatic nitrogens is 1. The Balaban J connectivity index is 1.22. The van der Waals surface area contributed by atoms with Crippen LogP contribution in [0.3, 0.4) is 0 Å². The van der Waals surface area contributed by atoms with Crippen LogP contribution in [0, 0.1) is 12.3 Å². The predicted octanol–water partition coefficient (Wildman–Crippen LogP) is 4.52. The van der Waals surface area contributed by atoms with Crippen molar-refractivity contribution in [3.8, 4) is 11.5 Å². The molecular weight excluding hydrogens is 462 g/mol. The lowest BCUT2D eigenvalue weighted by molar-refractivity contribution is -0.114. The van der Waals surface area contributed by atoms with Crippen LogP contribution in [-0.2, 0) is 4.79 Å². The van der Waals surface area contributed by atoms with Crippen molar-refractivity contribution in [3.63, 3.8) is 0 Å². The highest BCUT2D eigenvalue weighted by molar-refractivity contribution is 8.27. The second-order valence-electron chi connectivity index (χ2n) is 7.75. The Morgan fingerprint density at radius 2 is 1.83 bits per heavy atom. The topological polar surface area (TPSA) is 100 Å². The Hall–Kier alpha value is -4.24. The van der Waals surface area contributed by atoms with Gasteiger partial charge in [0, 0.05) is 18.0 Å². The first kappa shape index (κ1) is 22.5. The summed E-state index contributed by atoms with van der Waals surface area (Å²) < 4.78 is 11.4. The van der Waals surface area contributed by atoms with Crippen LogP contribution < -0.4 is 9.47 Å². The van der Waals surface area contributed by atoms with Crippen molar-refractivity contribution < 1.29 is 14.3 Å². The van der Waals surface area contributed by atoms with E-state index in [9.17, 15) is 4.79 Å². The van der Waals surface area contributed by atoms with E-state index in [1.54, 1.807) is 18.5 Å². The van der Waals surface area contributed by atoms with Crippen LogP contribution >= 0.6 is 11.8 Å². The molecule has 1 amide bonds. The first-order chi connectivity index (χ1) is 17.1. The number of hydrogen-bond acceptors (Lipinski definition) is 7. The van der Waals surface area contributed by atoms with Gasteiger partial charge in [0.05, 0.1) is 5.57 Å². The number of aliphatic imine (C=N–C) groups is 1. The highest BCUT2D eigenvalue weighted by Crippen LogP contribution is 2.30. The van der Waals surface area contributed by atoms with E-state index >= 15 is 0 Å². The lowest BCUT2D eigenvalue weighted by atomic mass is 10.1. The molecular formula is C26H21N5O3S. The number of nitrogens with one attached hydrogen (secondary N) is 1. The van der Waals surface area contributed by atoms with E-state index in [2.05, 4.69) is 15.1 Å². The third kappa shape index (κ3) is 5.15. The fraction of sp³-hybridized carbons (Fsp3) is 0.115. The van der Waals surface area contributed by atoms with Crippen LogP contribution in [0.4, 0.5) is 0 Å². The number of hydrogen-bond donors (Lipinski definition) is 1. The molecule has 3 heterocycles. The van der Waals surface area contributed by atoms with Crippen LogP contribution in [0.5, 0.6) is 11.5 Å². The van der Waals surface area contributed by atoms with Crippen molar-refractivity contribution in [1.82, 2.24) is 9.99 Å². The van der Waals surface area contributed by atoms with E-state index in [-0.39, 0.29) is 11.4 Å². The molecule has 35 heavy (non-hydrogen) atoms. The molecule has 2 aromatic carbocycles. The SMILES string of the molecule is Cc1cccc(OCCOc2ccc(/C=C3/C(=N)N4N=C(c5cccnc5)SC4=NC3=O)cc2)c1. The standard InChI is InChI=1S/C26H21N5O3S/c1-17-4-2-6-21(14-17)34-13-12-33-20-9-7-18(8-10-20)15-22-23(27)31-26(29-24(22)32)35-25(30-31)19-5-3-11-28-16-19/h2-11,14-16,27H,12-13H2,1H3/b22-15-,27-23?. The molecule has 0 atom stereocenters. The maximum absolute atomic E-state index is 12.6. The molecule has 0 fully saturated rings. The Labute approximate surface area is 206 Å². The molecule has 0 bridgehead atoms. The first-order valence-electron chi connectivity index (χ1n) is 10.9. The van der Waals surface area contributed by atoms with Gasteiger partial charge in [-0.1, -0.05) is 24.3 Å². The van der Waals surface area contributed by atoms with Gasteiger partial charge >= 0.3 is 0 Å². The van der Waals surface area contributed by atoms with Crippen molar-refractivity contribution in [3.05, 3.63) is 95.3 Å². The Kier molecular flexibility index (Phi) is 6.40. The minimum absolute atomic E-state index is 0.0139. The maximum Gasteiger partial charge on any atom is 0.283 e. The molecule has 1 aromatic heterocycles. The molecule has 5 rings (SSSR count). The second kappa shape index (κ2) is 9.94. The van der Waals surface area contributed by atoms with Gasteiger partial charge in [0.15, 0.2) is 5.84 Å². The van der Waals surface area contributed by atoms with E-state index in [1.807, 2.05) is 67.6 Å². The van der Waals surface area contributed by atoms with Gasteiger partial charge in [-0.05, 0) is 72.3 Å².